The lowest BCUT2D eigenvalue weighted by molar-refractivity contribution is -0.136. The number of rotatable bonds is 5. The first-order valence-electron chi connectivity index (χ1n) is 10.5. The van der Waals surface area contributed by atoms with Crippen LogP contribution in [-0.2, 0) is 9.59 Å². The molecule has 0 fully saturated rings. The third-order valence-corrected chi connectivity index (χ3v) is 5.59. The summed E-state index contributed by atoms with van der Waals surface area (Å²) in [5.74, 6) is -1.75. The maximum Gasteiger partial charge on any atom is 0.329 e. The van der Waals surface area contributed by atoms with Crippen LogP contribution in [0.25, 0.3) is 16.9 Å². The lowest BCUT2D eigenvalue weighted by Gasteiger charge is -2.08. The minimum absolute atomic E-state index is 0.461. The second kappa shape index (κ2) is 10.1. The van der Waals surface area contributed by atoms with Crippen LogP contribution >= 0.6 is 11.6 Å². The molecule has 3 aromatic carbocycles. The van der Waals surface area contributed by atoms with Crippen LogP contribution in [0.15, 0.2) is 84.1 Å². The van der Waals surface area contributed by atoms with Crippen molar-refractivity contribution in [2.24, 2.45) is 5.10 Å². The van der Waals surface area contributed by atoms with E-state index in [1.807, 2.05) is 67.7 Å². The first-order valence-corrected chi connectivity index (χ1v) is 10.9. The van der Waals surface area contributed by atoms with Crippen molar-refractivity contribution in [2.75, 3.05) is 5.32 Å². The molecule has 1 aromatic heterocycles. The Labute approximate surface area is 202 Å². The van der Waals surface area contributed by atoms with Gasteiger partial charge in [-0.3, -0.25) is 9.59 Å². The Bertz CT molecular complexity index is 1360. The molecule has 0 saturated heterocycles. The number of hydrogen-bond acceptors (Lipinski definition) is 4. The summed E-state index contributed by atoms with van der Waals surface area (Å²) in [7, 11) is 0. The summed E-state index contributed by atoms with van der Waals surface area (Å²) in [6.07, 6.45) is 3.28. The average molecular weight is 472 g/mol. The van der Waals surface area contributed by atoms with E-state index in [4.69, 9.17) is 16.7 Å². The zero-order valence-corrected chi connectivity index (χ0v) is 19.4. The van der Waals surface area contributed by atoms with Crippen LogP contribution < -0.4 is 10.7 Å². The number of carbonyl (C=O) groups is 2. The van der Waals surface area contributed by atoms with Gasteiger partial charge in [-0.1, -0.05) is 65.7 Å². The molecule has 8 heteroatoms. The van der Waals surface area contributed by atoms with E-state index in [0.717, 1.165) is 16.8 Å². The summed E-state index contributed by atoms with van der Waals surface area (Å²) >= 11 is 6.07. The smallest absolute Gasteiger partial charge is 0.317 e. The van der Waals surface area contributed by atoms with E-state index in [-0.39, 0.29) is 0 Å². The topological polar surface area (TPSA) is 88.4 Å². The van der Waals surface area contributed by atoms with Gasteiger partial charge >= 0.3 is 11.8 Å². The number of aromatic nitrogens is 2. The minimum Gasteiger partial charge on any atom is -0.317 e. The molecule has 0 atom stereocenters. The molecular weight excluding hydrogens is 450 g/mol. The highest BCUT2D eigenvalue weighted by atomic mass is 35.5. The number of para-hydroxylation sites is 1. The number of nitrogens with one attached hydrogen (secondary N) is 2. The van der Waals surface area contributed by atoms with Crippen LogP contribution in [0.2, 0.25) is 5.02 Å². The third kappa shape index (κ3) is 5.22. The van der Waals surface area contributed by atoms with E-state index in [0.29, 0.717) is 27.5 Å². The normalized spacial score (nSPS) is 10.9. The van der Waals surface area contributed by atoms with Crippen molar-refractivity contribution >= 4 is 35.3 Å². The number of hydrazone groups is 1. The van der Waals surface area contributed by atoms with Crippen LogP contribution in [0.5, 0.6) is 0 Å². The Hall–Kier alpha value is -4.23. The van der Waals surface area contributed by atoms with Gasteiger partial charge in [0.15, 0.2) is 0 Å². The summed E-state index contributed by atoms with van der Waals surface area (Å²) in [6.45, 7) is 3.77. The summed E-state index contributed by atoms with van der Waals surface area (Å²) in [6, 6.07) is 22.7. The Morgan fingerprint density at radius 3 is 2.41 bits per heavy atom. The molecular formula is C26H22ClN5O2. The number of aryl methyl sites for hydroxylation is 1. The van der Waals surface area contributed by atoms with Gasteiger partial charge in [0.25, 0.3) is 0 Å². The summed E-state index contributed by atoms with van der Waals surface area (Å²) < 4.78 is 1.74. The molecule has 0 aliphatic heterocycles. The van der Waals surface area contributed by atoms with Gasteiger partial charge in [-0.25, -0.2) is 10.1 Å². The highest BCUT2D eigenvalue weighted by molar-refractivity contribution is 6.40. The standard InChI is InChI=1S/C26H22ClN5O2/c1-17-11-13-19(14-12-17)24-20(16-32(31-24)21-7-4-3-5-8-21)15-28-30-26(34)25(33)29-23-10-6-9-22(27)18(23)2/h3-16H,1-2H3,(H,29,33)(H,30,34)/b28-15+. The molecule has 0 unspecified atom stereocenters. The fraction of sp³-hybridized carbons (Fsp3) is 0.0769. The number of carbonyl (C=O) groups excluding carboxylic acids is 2. The molecule has 0 aliphatic rings. The minimum atomic E-state index is -0.900. The van der Waals surface area contributed by atoms with Gasteiger partial charge in [-0.15, -0.1) is 0 Å². The SMILES string of the molecule is Cc1ccc(-c2nn(-c3ccccc3)cc2/C=N/NC(=O)C(=O)Nc2cccc(Cl)c2C)cc1. The van der Waals surface area contributed by atoms with Crippen molar-refractivity contribution in [2.45, 2.75) is 13.8 Å². The molecule has 0 saturated carbocycles. The second-order valence-electron chi connectivity index (χ2n) is 7.64. The van der Waals surface area contributed by atoms with Crippen LogP contribution in [0.3, 0.4) is 0 Å². The van der Waals surface area contributed by atoms with Crippen LogP contribution in [0.4, 0.5) is 5.69 Å². The highest BCUT2D eigenvalue weighted by Gasteiger charge is 2.15. The van der Waals surface area contributed by atoms with Gasteiger partial charge in [-0.05, 0) is 43.7 Å². The lowest BCUT2D eigenvalue weighted by Crippen LogP contribution is -2.32. The molecule has 2 amide bonds. The Morgan fingerprint density at radius 1 is 0.941 bits per heavy atom. The number of amides is 2. The van der Waals surface area contributed by atoms with Gasteiger partial charge in [0.1, 0.15) is 5.69 Å². The molecule has 4 aromatic rings. The third-order valence-electron chi connectivity index (χ3n) is 5.18. The second-order valence-corrected chi connectivity index (χ2v) is 8.05. The molecule has 0 aliphatic carbocycles. The Morgan fingerprint density at radius 2 is 1.68 bits per heavy atom. The number of hydrogen-bond donors (Lipinski definition) is 2. The first kappa shape index (κ1) is 22.9. The Balaban J connectivity index is 1.54. The number of nitrogens with zero attached hydrogens (tertiary/aromatic N) is 3. The zero-order valence-electron chi connectivity index (χ0n) is 18.6. The van der Waals surface area contributed by atoms with Gasteiger partial charge in [0, 0.05) is 28.0 Å². The predicted octanol–water partition coefficient (Wildman–Crippen LogP) is 4.90. The van der Waals surface area contributed by atoms with E-state index in [9.17, 15) is 9.59 Å². The molecule has 2 N–H and O–H groups in total. The Kier molecular flexibility index (Phi) is 6.85. The van der Waals surface area contributed by atoms with Crippen molar-refractivity contribution in [1.82, 2.24) is 15.2 Å². The van der Waals surface area contributed by atoms with Crippen molar-refractivity contribution in [3.63, 3.8) is 0 Å². The number of halogens is 1. The maximum atomic E-state index is 12.3. The van der Waals surface area contributed by atoms with Gasteiger partial charge < -0.3 is 5.32 Å². The fourth-order valence-corrected chi connectivity index (χ4v) is 3.44. The zero-order chi connectivity index (χ0) is 24.1. The van der Waals surface area contributed by atoms with Crippen molar-refractivity contribution in [1.29, 1.82) is 0 Å². The van der Waals surface area contributed by atoms with Crippen LogP contribution in [-0.4, -0.2) is 27.8 Å². The van der Waals surface area contributed by atoms with Gasteiger partial charge in [-0.2, -0.15) is 10.2 Å². The van der Waals surface area contributed by atoms with E-state index in [2.05, 4.69) is 15.8 Å². The van der Waals surface area contributed by atoms with E-state index < -0.39 is 11.8 Å². The monoisotopic (exact) mass is 471 g/mol. The average Bonchev–Trinajstić information content (AvgIpc) is 3.27. The molecule has 0 bridgehead atoms. The molecule has 0 spiro atoms. The van der Waals surface area contributed by atoms with E-state index in [1.165, 1.54) is 6.21 Å². The largest absolute Gasteiger partial charge is 0.329 e. The fourth-order valence-electron chi connectivity index (χ4n) is 3.26. The predicted molar refractivity (Wildman–Crippen MR) is 134 cm³/mol. The van der Waals surface area contributed by atoms with Crippen molar-refractivity contribution in [3.8, 4) is 16.9 Å². The van der Waals surface area contributed by atoms with Gasteiger partial charge in [0.2, 0.25) is 0 Å². The number of benzene rings is 3. The summed E-state index contributed by atoms with van der Waals surface area (Å²) in [5, 5.41) is 11.7. The van der Waals surface area contributed by atoms with Crippen molar-refractivity contribution in [3.05, 3.63) is 101 Å². The first-order chi connectivity index (χ1) is 16.4. The summed E-state index contributed by atoms with van der Waals surface area (Å²) in [5.41, 5.74) is 7.70. The lowest BCUT2D eigenvalue weighted by atomic mass is 10.1. The molecule has 170 valence electrons. The molecule has 1 heterocycles. The van der Waals surface area contributed by atoms with Gasteiger partial charge in [0.05, 0.1) is 11.9 Å². The maximum absolute atomic E-state index is 12.3. The van der Waals surface area contributed by atoms with Crippen molar-refractivity contribution < 1.29 is 9.59 Å². The van der Waals surface area contributed by atoms with E-state index in [1.54, 1.807) is 29.8 Å². The summed E-state index contributed by atoms with van der Waals surface area (Å²) in [4.78, 5) is 24.5. The van der Waals surface area contributed by atoms with E-state index >= 15 is 0 Å². The van der Waals surface area contributed by atoms with Crippen LogP contribution in [0, 0.1) is 13.8 Å². The number of anilines is 1. The molecule has 7 nitrogen and oxygen atoms in total. The molecule has 4 rings (SSSR count). The van der Waals surface area contributed by atoms with Crippen LogP contribution in [0.1, 0.15) is 16.7 Å². The molecule has 34 heavy (non-hydrogen) atoms. The highest BCUT2D eigenvalue weighted by Crippen LogP contribution is 2.24. The molecule has 0 radical (unpaired) electrons. The quantitative estimate of drug-likeness (QED) is 0.246.